The summed E-state index contributed by atoms with van der Waals surface area (Å²) < 4.78 is 0. The van der Waals surface area contributed by atoms with Crippen molar-refractivity contribution in [1.82, 2.24) is 5.32 Å². The van der Waals surface area contributed by atoms with Gasteiger partial charge in [0, 0.05) is 29.8 Å². The molecule has 0 radical (unpaired) electrons. The molecule has 21 heavy (non-hydrogen) atoms. The lowest BCUT2D eigenvalue weighted by atomic mass is 9.91. The number of amides is 2. The van der Waals surface area contributed by atoms with E-state index in [-0.39, 0.29) is 17.7 Å². The van der Waals surface area contributed by atoms with Crippen LogP contribution in [0.15, 0.2) is 53.8 Å². The summed E-state index contributed by atoms with van der Waals surface area (Å²) in [6.45, 7) is 1.48. The van der Waals surface area contributed by atoms with Crippen LogP contribution in [0.3, 0.4) is 0 Å². The van der Waals surface area contributed by atoms with Crippen LogP contribution in [0.2, 0.25) is 0 Å². The number of benzene rings is 1. The third-order valence-electron chi connectivity index (χ3n) is 3.61. The lowest BCUT2D eigenvalue weighted by molar-refractivity contribution is -0.116. The fraction of sp³-hybridized carbons (Fsp3) is 0.176. The van der Waals surface area contributed by atoms with Gasteiger partial charge in [-0.15, -0.1) is 0 Å². The topological polar surface area (TPSA) is 58.2 Å². The molecule has 1 fully saturated rings. The maximum atomic E-state index is 12.1. The molecule has 0 bridgehead atoms. The SMILES string of the molecule is CC(=O)Nc1ccc(C=C2C(=O)NC3=CC=CCC32)cc1. The molecule has 0 spiro atoms. The van der Waals surface area contributed by atoms with Crippen LogP contribution in [-0.4, -0.2) is 11.8 Å². The summed E-state index contributed by atoms with van der Waals surface area (Å²) in [5, 5.41) is 5.63. The Hall–Kier alpha value is -2.62. The third-order valence-corrected chi connectivity index (χ3v) is 3.61. The van der Waals surface area contributed by atoms with Crippen LogP contribution in [0.5, 0.6) is 0 Å². The van der Waals surface area contributed by atoms with Gasteiger partial charge in [-0.1, -0.05) is 24.3 Å². The van der Waals surface area contributed by atoms with Gasteiger partial charge in [0.1, 0.15) is 0 Å². The van der Waals surface area contributed by atoms with Crippen LogP contribution in [0.4, 0.5) is 5.69 Å². The van der Waals surface area contributed by atoms with E-state index in [1.807, 2.05) is 42.5 Å². The van der Waals surface area contributed by atoms with Crippen LogP contribution in [-0.2, 0) is 9.59 Å². The molecule has 2 aliphatic rings. The fourth-order valence-corrected chi connectivity index (χ4v) is 2.63. The average molecular weight is 280 g/mol. The minimum absolute atomic E-state index is 0.0270. The minimum atomic E-state index is -0.0972. The monoisotopic (exact) mass is 280 g/mol. The number of allylic oxidation sites excluding steroid dienone is 4. The molecule has 0 saturated carbocycles. The molecule has 0 aromatic heterocycles. The van der Waals surface area contributed by atoms with Crippen LogP contribution >= 0.6 is 0 Å². The van der Waals surface area contributed by atoms with Gasteiger partial charge in [-0.2, -0.15) is 0 Å². The van der Waals surface area contributed by atoms with Gasteiger partial charge in [-0.3, -0.25) is 9.59 Å². The van der Waals surface area contributed by atoms with Crippen LogP contribution in [0.1, 0.15) is 18.9 Å². The van der Waals surface area contributed by atoms with E-state index in [0.717, 1.165) is 28.9 Å². The van der Waals surface area contributed by atoms with E-state index >= 15 is 0 Å². The molecule has 1 aromatic rings. The molecule has 106 valence electrons. The molecule has 1 aromatic carbocycles. The Labute approximate surface area is 123 Å². The lowest BCUT2D eigenvalue weighted by Crippen LogP contribution is -2.13. The predicted octanol–water partition coefficient (Wildman–Crippen LogP) is 2.62. The van der Waals surface area contributed by atoms with Crippen molar-refractivity contribution in [2.45, 2.75) is 13.3 Å². The zero-order valence-electron chi connectivity index (χ0n) is 11.7. The number of carbonyl (C=O) groups excluding carboxylic acids is 2. The predicted molar refractivity (Wildman–Crippen MR) is 82.2 cm³/mol. The Balaban J connectivity index is 1.84. The van der Waals surface area contributed by atoms with Gasteiger partial charge in [0.15, 0.2) is 0 Å². The Morgan fingerprint density at radius 2 is 2.10 bits per heavy atom. The quantitative estimate of drug-likeness (QED) is 0.818. The van der Waals surface area contributed by atoms with Gasteiger partial charge in [-0.25, -0.2) is 0 Å². The highest BCUT2D eigenvalue weighted by atomic mass is 16.2. The van der Waals surface area contributed by atoms with Crippen molar-refractivity contribution in [1.29, 1.82) is 0 Å². The van der Waals surface area contributed by atoms with Crippen LogP contribution < -0.4 is 10.6 Å². The molecule has 1 saturated heterocycles. The second-order valence-corrected chi connectivity index (χ2v) is 5.20. The number of hydrogen-bond acceptors (Lipinski definition) is 2. The van der Waals surface area contributed by atoms with Crippen molar-refractivity contribution >= 4 is 23.6 Å². The van der Waals surface area contributed by atoms with Crippen molar-refractivity contribution in [3.63, 3.8) is 0 Å². The number of anilines is 1. The highest BCUT2D eigenvalue weighted by Gasteiger charge is 2.32. The highest BCUT2D eigenvalue weighted by molar-refractivity contribution is 6.03. The summed E-state index contributed by atoms with van der Waals surface area (Å²) >= 11 is 0. The third kappa shape index (κ3) is 2.79. The minimum Gasteiger partial charge on any atom is -0.326 e. The summed E-state index contributed by atoms with van der Waals surface area (Å²) in [6.07, 6.45) is 8.75. The normalized spacial score (nSPS) is 21.8. The van der Waals surface area contributed by atoms with Crippen molar-refractivity contribution in [2.24, 2.45) is 5.92 Å². The number of carbonyl (C=O) groups is 2. The lowest BCUT2D eigenvalue weighted by Gasteiger charge is -2.12. The zero-order valence-corrected chi connectivity index (χ0v) is 11.7. The standard InChI is InChI=1S/C17H16N2O2/c1-11(20)18-13-8-6-12(7-9-13)10-15-14-4-2-3-5-16(14)19-17(15)21/h2-3,5-10,14H,4H2,1H3,(H,18,20)(H,19,21). The number of fused-ring (bicyclic) bond motifs is 1. The largest absolute Gasteiger partial charge is 0.326 e. The Morgan fingerprint density at radius 1 is 1.33 bits per heavy atom. The van der Waals surface area contributed by atoms with Gasteiger partial charge in [0.25, 0.3) is 5.91 Å². The first-order chi connectivity index (χ1) is 10.1. The molecular formula is C17H16N2O2. The number of rotatable bonds is 2. The van der Waals surface area contributed by atoms with Gasteiger partial charge in [0.05, 0.1) is 0 Å². The van der Waals surface area contributed by atoms with Crippen molar-refractivity contribution in [3.8, 4) is 0 Å². The van der Waals surface area contributed by atoms with E-state index in [1.54, 1.807) is 0 Å². The zero-order chi connectivity index (χ0) is 14.8. The first-order valence-corrected chi connectivity index (χ1v) is 6.91. The summed E-state index contributed by atoms with van der Waals surface area (Å²) in [5.41, 5.74) is 3.47. The highest BCUT2D eigenvalue weighted by Crippen LogP contribution is 2.33. The molecule has 4 heteroatoms. The van der Waals surface area contributed by atoms with Crippen molar-refractivity contribution in [2.75, 3.05) is 5.32 Å². The summed E-state index contributed by atoms with van der Waals surface area (Å²) in [5.74, 6) is 0.0125. The molecule has 3 rings (SSSR count). The van der Waals surface area contributed by atoms with E-state index in [1.165, 1.54) is 6.92 Å². The first kappa shape index (κ1) is 13.4. The van der Waals surface area contributed by atoms with E-state index in [9.17, 15) is 9.59 Å². The molecule has 1 aliphatic carbocycles. The molecule has 1 heterocycles. The van der Waals surface area contributed by atoms with Crippen molar-refractivity contribution in [3.05, 3.63) is 59.3 Å². The van der Waals surface area contributed by atoms with Gasteiger partial charge >= 0.3 is 0 Å². The molecule has 2 N–H and O–H groups in total. The van der Waals surface area contributed by atoms with Gasteiger partial charge in [0.2, 0.25) is 5.91 Å². The second-order valence-electron chi connectivity index (χ2n) is 5.20. The molecule has 1 aliphatic heterocycles. The second kappa shape index (κ2) is 5.40. The van der Waals surface area contributed by atoms with E-state index < -0.39 is 0 Å². The smallest absolute Gasteiger partial charge is 0.252 e. The molecule has 1 atom stereocenters. The summed E-state index contributed by atoms with van der Waals surface area (Å²) in [6, 6.07) is 7.45. The Morgan fingerprint density at radius 3 is 2.81 bits per heavy atom. The molecular weight excluding hydrogens is 264 g/mol. The summed E-state index contributed by atoms with van der Waals surface area (Å²) in [4.78, 5) is 23.0. The summed E-state index contributed by atoms with van der Waals surface area (Å²) in [7, 11) is 0. The van der Waals surface area contributed by atoms with Crippen LogP contribution in [0.25, 0.3) is 6.08 Å². The fourth-order valence-electron chi connectivity index (χ4n) is 2.63. The van der Waals surface area contributed by atoms with E-state index in [4.69, 9.17) is 0 Å². The maximum Gasteiger partial charge on any atom is 0.252 e. The van der Waals surface area contributed by atoms with Crippen LogP contribution in [0, 0.1) is 5.92 Å². The Kier molecular flexibility index (Phi) is 3.44. The average Bonchev–Trinajstić information content (AvgIpc) is 2.77. The molecule has 4 nitrogen and oxygen atoms in total. The first-order valence-electron chi connectivity index (χ1n) is 6.91. The van der Waals surface area contributed by atoms with Gasteiger partial charge in [-0.05, 0) is 36.3 Å². The molecule has 2 amide bonds. The number of hydrogen-bond donors (Lipinski definition) is 2. The van der Waals surface area contributed by atoms with E-state index in [0.29, 0.717) is 0 Å². The maximum absolute atomic E-state index is 12.1. The van der Waals surface area contributed by atoms with Gasteiger partial charge < -0.3 is 10.6 Å². The number of nitrogens with one attached hydrogen (secondary N) is 2. The van der Waals surface area contributed by atoms with Crippen molar-refractivity contribution < 1.29 is 9.59 Å². The molecule has 1 unspecified atom stereocenters. The Bertz CT molecular complexity index is 681. The van der Waals surface area contributed by atoms with E-state index in [2.05, 4.69) is 16.7 Å².